The van der Waals surface area contributed by atoms with Gasteiger partial charge in [0.05, 0.1) is 10.5 Å². The number of benzene rings is 1. The molecule has 0 bridgehead atoms. The number of aryl methyl sites for hydroxylation is 1. The first-order valence-electron chi connectivity index (χ1n) is 4.99. The highest BCUT2D eigenvalue weighted by Crippen LogP contribution is 2.33. The van der Waals surface area contributed by atoms with E-state index in [1.165, 1.54) is 0 Å². The molecule has 0 amide bonds. The van der Waals surface area contributed by atoms with Crippen LogP contribution in [0.2, 0.25) is 0 Å². The van der Waals surface area contributed by atoms with Crippen molar-refractivity contribution in [2.24, 2.45) is 5.14 Å². The van der Waals surface area contributed by atoms with Crippen LogP contribution in [0, 0.1) is 0 Å². The lowest BCUT2D eigenvalue weighted by Crippen LogP contribution is -2.22. The minimum atomic E-state index is -4.03. The Morgan fingerprint density at radius 1 is 1.24 bits per heavy atom. The standard InChI is InChI=1S/C11H11NO4S/c12-17(15,16)10-8-4-2-1-3-7(8)5-6-9(10)11(13)14/h1-4H,5-6H2,(H,13,14)(H2,12,15,16). The molecule has 0 atom stereocenters. The van der Waals surface area contributed by atoms with E-state index in [-0.39, 0.29) is 16.9 Å². The molecule has 17 heavy (non-hydrogen) atoms. The van der Waals surface area contributed by atoms with E-state index in [0.717, 1.165) is 5.56 Å². The first kappa shape index (κ1) is 11.8. The first-order valence-corrected chi connectivity index (χ1v) is 6.53. The van der Waals surface area contributed by atoms with Crippen molar-refractivity contribution in [3.8, 4) is 0 Å². The molecule has 6 heteroatoms. The van der Waals surface area contributed by atoms with Crippen molar-refractivity contribution in [2.75, 3.05) is 0 Å². The van der Waals surface area contributed by atoms with Crippen LogP contribution < -0.4 is 5.14 Å². The fourth-order valence-electron chi connectivity index (χ4n) is 2.02. The van der Waals surface area contributed by atoms with Gasteiger partial charge in [0.15, 0.2) is 0 Å². The topological polar surface area (TPSA) is 97.5 Å². The number of carboxylic acid groups (broad SMARTS) is 1. The van der Waals surface area contributed by atoms with Gasteiger partial charge in [-0.2, -0.15) is 0 Å². The van der Waals surface area contributed by atoms with E-state index in [4.69, 9.17) is 10.2 Å². The van der Waals surface area contributed by atoms with Crippen LogP contribution in [0.25, 0.3) is 4.91 Å². The van der Waals surface area contributed by atoms with Crippen LogP contribution >= 0.6 is 0 Å². The molecule has 90 valence electrons. The summed E-state index contributed by atoms with van der Waals surface area (Å²) in [5, 5.41) is 14.1. The number of nitrogens with two attached hydrogens (primary N) is 1. The van der Waals surface area contributed by atoms with Crippen molar-refractivity contribution in [3.05, 3.63) is 41.0 Å². The molecule has 2 rings (SSSR count). The molecule has 0 heterocycles. The summed E-state index contributed by atoms with van der Waals surface area (Å²) < 4.78 is 23.0. The molecule has 0 unspecified atom stereocenters. The molecule has 1 aliphatic carbocycles. The Labute approximate surface area is 98.6 Å². The molecule has 0 saturated heterocycles. The fraction of sp³-hybridized carbons (Fsp3) is 0.182. The lowest BCUT2D eigenvalue weighted by atomic mass is 9.92. The van der Waals surface area contributed by atoms with Crippen LogP contribution in [0.5, 0.6) is 0 Å². The van der Waals surface area contributed by atoms with Gasteiger partial charge < -0.3 is 5.11 Å². The summed E-state index contributed by atoms with van der Waals surface area (Å²) in [6.07, 6.45) is 0.689. The SMILES string of the molecule is NS(=O)(=O)C1=C(C(=O)O)CCc2ccccc21. The van der Waals surface area contributed by atoms with Crippen molar-refractivity contribution in [1.29, 1.82) is 0 Å². The highest BCUT2D eigenvalue weighted by molar-refractivity contribution is 7.98. The maximum atomic E-state index is 11.5. The van der Waals surface area contributed by atoms with Gasteiger partial charge in [-0.25, -0.2) is 18.4 Å². The summed E-state index contributed by atoms with van der Waals surface area (Å²) >= 11 is 0. The molecule has 1 aromatic carbocycles. The van der Waals surface area contributed by atoms with Gasteiger partial charge in [0, 0.05) is 0 Å². The summed E-state index contributed by atoms with van der Waals surface area (Å²) in [5.41, 5.74) is 1.08. The van der Waals surface area contributed by atoms with Crippen molar-refractivity contribution >= 4 is 20.9 Å². The monoisotopic (exact) mass is 253 g/mol. The number of rotatable bonds is 2. The van der Waals surface area contributed by atoms with E-state index in [1.54, 1.807) is 24.3 Å². The summed E-state index contributed by atoms with van der Waals surface area (Å²) in [6.45, 7) is 0. The molecule has 3 N–H and O–H groups in total. The van der Waals surface area contributed by atoms with Gasteiger partial charge in [-0.05, 0) is 24.0 Å². The third-order valence-electron chi connectivity index (χ3n) is 2.72. The highest BCUT2D eigenvalue weighted by Gasteiger charge is 2.29. The fourth-order valence-corrected chi connectivity index (χ4v) is 3.06. The van der Waals surface area contributed by atoms with Crippen LogP contribution in [-0.2, 0) is 21.2 Å². The average Bonchev–Trinajstić information content (AvgIpc) is 2.26. The van der Waals surface area contributed by atoms with Gasteiger partial charge in [0.25, 0.3) is 0 Å². The van der Waals surface area contributed by atoms with Crippen LogP contribution in [0.3, 0.4) is 0 Å². The zero-order valence-corrected chi connectivity index (χ0v) is 9.70. The number of hydrogen-bond donors (Lipinski definition) is 2. The second-order valence-corrected chi connectivity index (χ2v) is 5.31. The second kappa shape index (κ2) is 3.97. The van der Waals surface area contributed by atoms with E-state index >= 15 is 0 Å². The average molecular weight is 253 g/mol. The highest BCUT2D eigenvalue weighted by atomic mass is 32.2. The Bertz CT molecular complexity index is 616. The number of hydrogen-bond acceptors (Lipinski definition) is 3. The Kier molecular flexibility index (Phi) is 2.76. The Balaban J connectivity index is 2.78. The first-order chi connectivity index (χ1) is 7.91. The molecule has 0 aromatic heterocycles. The zero-order chi connectivity index (χ0) is 12.6. The molecule has 1 aliphatic rings. The van der Waals surface area contributed by atoms with Gasteiger partial charge in [-0.1, -0.05) is 24.3 Å². The molecule has 0 fully saturated rings. The Morgan fingerprint density at radius 2 is 1.88 bits per heavy atom. The number of aliphatic carboxylic acids is 1. The second-order valence-electron chi connectivity index (χ2n) is 3.81. The van der Waals surface area contributed by atoms with Gasteiger partial charge in [0.1, 0.15) is 0 Å². The predicted octanol–water partition coefficient (Wildman–Crippen LogP) is 0.717. The number of sulfonamides is 1. The van der Waals surface area contributed by atoms with Gasteiger partial charge in [0.2, 0.25) is 10.0 Å². The number of carboxylic acids is 1. The third-order valence-corrected chi connectivity index (χ3v) is 3.76. The Morgan fingerprint density at radius 3 is 2.47 bits per heavy atom. The number of carbonyl (C=O) groups is 1. The number of primary sulfonamides is 1. The maximum absolute atomic E-state index is 11.5. The minimum Gasteiger partial charge on any atom is -0.478 e. The largest absolute Gasteiger partial charge is 0.478 e. The van der Waals surface area contributed by atoms with E-state index in [1.807, 2.05) is 0 Å². The molecule has 0 spiro atoms. The van der Waals surface area contributed by atoms with Crippen LogP contribution in [0.4, 0.5) is 0 Å². The quantitative estimate of drug-likeness (QED) is 0.811. The number of fused-ring (bicyclic) bond motifs is 1. The van der Waals surface area contributed by atoms with Crippen LogP contribution in [0.15, 0.2) is 29.8 Å². The molecule has 0 saturated carbocycles. The van der Waals surface area contributed by atoms with Crippen molar-refractivity contribution in [3.63, 3.8) is 0 Å². The van der Waals surface area contributed by atoms with Gasteiger partial charge in [-0.15, -0.1) is 0 Å². The van der Waals surface area contributed by atoms with Crippen molar-refractivity contribution < 1.29 is 18.3 Å². The van der Waals surface area contributed by atoms with E-state index in [0.29, 0.717) is 12.0 Å². The molecular weight excluding hydrogens is 242 g/mol. The summed E-state index contributed by atoms with van der Waals surface area (Å²) in [7, 11) is -4.03. The normalized spacial score (nSPS) is 15.6. The van der Waals surface area contributed by atoms with E-state index in [9.17, 15) is 13.2 Å². The maximum Gasteiger partial charge on any atom is 0.332 e. The minimum absolute atomic E-state index is 0.133. The zero-order valence-electron chi connectivity index (χ0n) is 8.88. The van der Waals surface area contributed by atoms with Crippen molar-refractivity contribution in [2.45, 2.75) is 12.8 Å². The molecule has 5 nitrogen and oxygen atoms in total. The lowest BCUT2D eigenvalue weighted by Gasteiger charge is -2.19. The van der Waals surface area contributed by atoms with E-state index < -0.39 is 16.0 Å². The smallest absolute Gasteiger partial charge is 0.332 e. The molecule has 0 aliphatic heterocycles. The summed E-state index contributed by atoms with van der Waals surface area (Å²) in [5.74, 6) is -1.23. The van der Waals surface area contributed by atoms with Gasteiger partial charge >= 0.3 is 5.97 Å². The predicted molar refractivity (Wildman–Crippen MR) is 62.4 cm³/mol. The molecule has 1 aromatic rings. The Hall–Kier alpha value is -1.66. The van der Waals surface area contributed by atoms with Gasteiger partial charge in [-0.3, -0.25) is 0 Å². The van der Waals surface area contributed by atoms with Crippen LogP contribution in [-0.4, -0.2) is 19.5 Å². The third kappa shape index (κ3) is 2.09. The lowest BCUT2D eigenvalue weighted by molar-refractivity contribution is -0.132. The molecule has 0 radical (unpaired) electrons. The summed E-state index contributed by atoms with van der Waals surface area (Å²) in [6, 6.07) is 6.80. The van der Waals surface area contributed by atoms with Crippen molar-refractivity contribution in [1.82, 2.24) is 0 Å². The van der Waals surface area contributed by atoms with E-state index in [2.05, 4.69) is 0 Å². The van der Waals surface area contributed by atoms with Crippen LogP contribution in [0.1, 0.15) is 17.5 Å². The summed E-state index contributed by atoms with van der Waals surface area (Å²) in [4.78, 5) is 10.8. The molecular formula is C11H11NO4S.